The first-order valence-electron chi connectivity index (χ1n) is 9.05. The summed E-state index contributed by atoms with van der Waals surface area (Å²) >= 11 is 6.72. The Bertz CT molecular complexity index is 1390. The highest BCUT2D eigenvalue weighted by Crippen LogP contribution is 2.37. The first-order valence-corrected chi connectivity index (χ1v) is 9.43. The number of para-hydroxylation sites is 2. The van der Waals surface area contributed by atoms with Gasteiger partial charge in [0.25, 0.3) is 0 Å². The van der Waals surface area contributed by atoms with Gasteiger partial charge in [0.15, 0.2) is 0 Å². The van der Waals surface area contributed by atoms with Gasteiger partial charge in [0.1, 0.15) is 0 Å². The molecule has 0 bridgehead atoms. The van der Waals surface area contributed by atoms with Crippen LogP contribution in [0, 0.1) is 0 Å². The maximum atomic E-state index is 6.72. The summed E-state index contributed by atoms with van der Waals surface area (Å²) in [4.78, 5) is 0. The van der Waals surface area contributed by atoms with Crippen molar-refractivity contribution in [3.8, 4) is 5.69 Å². The summed E-state index contributed by atoms with van der Waals surface area (Å²) in [7, 11) is 1.76. The van der Waals surface area contributed by atoms with E-state index in [1.807, 2.05) is 12.1 Å². The lowest BCUT2D eigenvalue weighted by atomic mass is 9.53. The van der Waals surface area contributed by atoms with Crippen molar-refractivity contribution in [2.75, 3.05) is 7.11 Å². The minimum atomic E-state index is -0.117. The van der Waals surface area contributed by atoms with Gasteiger partial charge in [-0.15, -0.1) is 0 Å². The summed E-state index contributed by atoms with van der Waals surface area (Å²) in [5.41, 5.74) is 5.69. The Labute approximate surface area is 162 Å². The highest BCUT2D eigenvalue weighted by Gasteiger charge is 2.34. The van der Waals surface area contributed by atoms with E-state index in [0.29, 0.717) is 0 Å². The van der Waals surface area contributed by atoms with Crippen LogP contribution in [0.2, 0.25) is 5.02 Å². The van der Waals surface area contributed by atoms with Crippen molar-refractivity contribution in [3.63, 3.8) is 0 Å². The summed E-state index contributed by atoms with van der Waals surface area (Å²) in [5.74, 6) is 0. The molecule has 2 nitrogen and oxygen atoms in total. The molecule has 4 heteroatoms. The third-order valence-corrected chi connectivity index (χ3v) is 6.03. The predicted octanol–water partition coefficient (Wildman–Crippen LogP) is 4.66. The van der Waals surface area contributed by atoms with Gasteiger partial charge in [-0.05, 0) is 39.9 Å². The van der Waals surface area contributed by atoms with Gasteiger partial charge in [0, 0.05) is 17.9 Å². The highest BCUT2D eigenvalue weighted by molar-refractivity contribution is 6.83. The Morgan fingerprint density at radius 3 is 2.37 bits per heavy atom. The summed E-state index contributed by atoms with van der Waals surface area (Å²) in [6.45, 7) is -0.117. The second-order valence-corrected chi connectivity index (χ2v) is 7.50. The van der Waals surface area contributed by atoms with Crippen LogP contribution in [0.25, 0.3) is 38.3 Å². The number of hydrogen-bond acceptors (Lipinski definition) is 1. The quantitative estimate of drug-likeness (QED) is 0.393. The van der Waals surface area contributed by atoms with E-state index in [1.165, 1.54) is 38.0 Å². The molecule has 1 aromatic heterocycles. The molecule has 0 atom stereocenters. The van der Waals surface area contributed by atoms with Crippen molar-refractivity contribution >= 4 is 62.0 Å². The van der Waals surface area contributed by atoms with Crippen LogP contribution in [0.4, 0.5) is 0 Å². The van der Waals surface area contributed by atoms with Gasteiger partial charge in [-0.3, -0.25) is 0 Å². The number of aromatic nitrogens is 1. The Morgan fingerprint density at radius 1 is 0.815 bits per heavy atom. The predicted molar refractivity (Wildman–Crippen MR) is 115 cm³/mol. The second kappa shape index (κ2) is 5.38. The first kappa shape index (κ1) is 15.3. The smallest absolute Gasteiger partial charge is 0.365 e. The fourth-order valence-corrected chi connectivity index (χ4v) is 4.89. The van der Waals surface area contributed by atoms with Gasteiger partial charge in [-0.2, -0.15) is 0 Å². The number of rotatable bonds is 1. The van der Waals surface area contributed by atoms with Crippen molar-refractivity contribution < 1.29 is 4.65 Å². The molecular weight excluding hydrogens is 353 g/mol. The van der Waals surface area contributed by atoms with Gasteiger partial charge in [0.05, 0.1) is 21.7 Å². The van der Waals surface area contributed by atoms with Crippen molar-refractivity contribution in [1.82, 2.24) is 4.57 Å². The fourth-order valence-electron chi connectivity index (χ4n) is 4.62. The Balaban J connectivity index is 1.92. The molecule has 0 spiro atoms. The van der Waals surface area contributed by atoms with Crippen LogP contribution in [-0.4, -0.2) is 18.6 Å². The second-order valence-electron chi connectivity index (χ2n) is 7.09. The molecule has 4 aromatic carbocycles. The molecule has 0 unspecified atom stereocenters. The normalized spacial score (nSPS) is 12.9. The monoisotopic (exact) mass is 367 g/mol. The van der Waals surface area contributed by atoms with E-state index >= 15 is 0 Å². The molecule has 0 saturated carbocycles. The van der Waals surface area contributed by atoms with Crippen molar-refractivity contribution in [2.45, 2.75) is 0 Å². The highest BCUT2D eigenvalue weighted by atomic mass is 35.5. The van der Waals surface area contributed by atoms with E-state index in [1.54, 1.807) is 7.11 Å². The zero-order valence-electron chi connectivity index (χ0n) is 14.7. The van der Waals surface area contributed by atoms with E-state index in [2.05, 4.69) is 65.2 Å². The van der Waals surface area contributed by atoms with Crippen LogP contribution in [0.5, 0.6) is 0 Å². The summed E-state index contributed by atoms with van der Waals surface area (Å²) in [5, 5.41) is 5.70. The van der Waals surface area contributed by atoms with Crippen LogP contribution in [-0.2, 0) is 4.65 Å². The SMILES string of the molecule is COB1c2cccc(Cl)c2-n2c3cc4ccccc4cc3c3cccc1c32. The zero-order chi connectivity index (χ0) is 18.1. The Morgan fingerprint density at radius 2 is 1.56 bits per heavy atom. The maximum Gasteiger partial charge on any atom is 0.365 e. The molecule has 27 heavy (non-hydrogen) atoms. The van der Waals surface area contributed by atoms with Gasteiger partial charge in [-0.1, -0.05) is 66.2 Å². The van der Waals surface area contributed by atoms with Crippen LogP contribution in [0.1, 0.15) is 0 Å². The zero-order valence-corrected chi connectivity index (χ0v) is 15.5. The van der Waals surface area contributed by atoms with Crippen molar-refractivity contribution in [3.05, 3.63) is 77.8 Å². The van der Waals surface area contributed by atoms with Gasteiger partial charge >= 0.3 is 6.92 Å². The number of benzene rings is 4. The van der Waals surface area contributed by atoms with E-state index < -0.39 is 0 Å². The van der Waals surface area contributed by atoms with Gasteiger partial charge in [-0.25, -0.2) is 0 Å². The molecular formula is C23H15BClNO. The molecule has 1 aliphatic heterocycles. The maximum absolute atomic E-state index is 6.72. The number of fused-ring (bicyclic) bond motifs is 6. The van der Waals surface area contributed by atoms with Crippen LogP contribution < -0.4 is 10.9 Å². The van der Waals surface area contributed by atoms with Gasteiger partial charge in [0.2, 0.25) is 0 Å². The van der Waals surface area contributed by atoms with Crippen LogP contribution >= 0.6 is 11.6 Å². The van der Waals surface area contributed by atoms with E-state index in [9.17, 15) is 0 Å². The molecule has 5 aromatic rings. The lowest BCUT2D eigenvalue weighted by molar-refractivity contribution is 0.439. The average Bonchev–Trinajstić information content (AvgIpc) is 3.02. The number of halogens is 1. The molecule has 1 aliphatic rings. The third kappa shape index (κ3) is 1.91. The van der Waals surface area contributed by atoms with Crippen LogP contribution in [0.15, 0.2) is 72.8 Å². The Hall–Kier alpha value is -2.75. The third-order valence-electron chi connectivity index (χ3n) is 5.73. The molecule has 0 aliphatic carbocycles. The minimum Gasteiger partial charge on any atom is -0.430 e. The number of nitrogens with zero attached hydrogens (tertiary/aromatic N) is 1. The summed E-state index contributed by atoms with van der Waals surface area (Å²) < 4.78 is 8.24. The minimum absolute atomic E-state index is 0.117. The largest absolute Gasteiger partial charge is 0.430 e. The van der Waals surface area contributed by atoms with Crippen molar-refractivity contribution in [1.29, 1.82) is 0 Å². The fraction of sp³-hybridized carbons (Fsp3) is 0.0435. The molecule has 0 saturated heterocycles. The molecule has 0 N–H and O–H groups in total. The summed E-state index contributed by atoms with van der Waals surface area (Å²) in [6.07, 6.45) is 0. The molecule has 0 radical (unpaired) electrons. The molecule has 6 rings (SSSR count). The van der Waals surface area contributed by atoms with E-state index in [0.717, 1.165) is 16.2 Å². The lowest BCUT2D eigenvalue weighted by Gasteiger charge is -2.25. The van der Waals surface area contributed by atoms with E-state index in [-0.39, 0.29) is 6.92 Å². The van der Waals surface area contributed by atoms with Gasteiger partial charge < -0.3 is 9.22 Å². The molecule has 0 amide bonds. The lowest BCUT2D eigenvalue weighted by Crippen LogP contribution is -2.49. The molecule has 2 heterocycles. The van der Waals surface area contributed by atoms with Crippen molar-refractivity contribution in [2.24, 2.45) is 0 Å². The Kier molecular flexibility index (Phi) is 3.06. The molecule has 0 fully saturated rings. The molecule has 128 valence electrons. The topological polar surface area (TPSA) is 14.2 Å². The van der Waals surface area contributed by atoms with Crippen LogP contribution in [0.3, 0.4) is 0 Å². The summed E-state index contributed by atoms with van der Waals surface area (Å²) in [6, 6.07) is 25.6. The average molecular weight is 368 g/mol. The number of hydrogen-bond donors (Lipinski definition) is 0. The van der Waals surface area contributed by atoms with E-state index in [4.69, 9.17) is 16.3 Å². The first-order chi connectivity index (χ1) is 13.3. The standard InChI is InChI=1S/C23H15BClNO/c1-27-24-18-9-4-8-16-17-12-14-6-2-3-7-15(14)13-21(17)26(22(16)18)23-19(24)10-5-11-20(23)25/h2-13H,1H3.